The number of hydrogen-bond donors (Lipinski definition) is 3. The molecule has 0 aliphatic heterocycles. The van der Waals surface area contributed by atoms with E-state index in [0.29, 0.717) is 17.8 Å². The van der Waals surface area contributed by atoms with Gasteiger partial charge in [-0.2, -0.15) is 0 Å². The van der Waals surface area contributed by atoms with Crippen LogP contribution < -0.4 is 11.1 Å². The highest BCUT2D eigenvalue weighted by Gasteiger charge is 2.18. The lowest BCUT2D eigenvalue weighted by Crippen LogP contribution is -2.27. The molecule has 0 atom stereocenters. The summed E-state index contributed by atoms with van der Waals surface area (Å²) >= 11 is 0. The fourth-order valence-electron chi connectivity index (χ4n) is 1.97. The number of nitrogens with one attached hydrogen (secondary N) is 1. The van der Waals surface area contributed by atoms with Gasteiger partial charge in [0.25, 0.3) is 5.91 Å². The van der Waals surface area contributed by atoms with Crippen LogP contribution in [-0.2, 0) is 5.41 Å². The van der Waals surface area contributed by atoms with E-state index < -0.39 is 0 Å². The van der Waals surface area contributed by atoms with Crippen LogP contribution >= 0.6 is 0 Å². The Morgan fingerprint density at radius 3 is 2.43 bits per heavy atom. The zero-order chi connectivity index (χ0) is 15.5. The molecule has 0 bridgehead atoms. The molecule has 2 rings (SSSR count). The summed E-state index contributed by atoms with van der Waals surface area (Å²) in [6.07, 6.45) is 0. The first kappa shape index (κ1) is 15.1. The number of aromatic hydroxyl groups is 1. The average Bonchev–Trinajstić information content (AvgIpc) is 2.48. The second-order valence-corrected chi connectivity index (χ2v) is 5.67. The third-order valence-corrected chi connectivity index (χ3v) is 3.54. The molecule has 0 saturated heterocycles. The number of phenolic OH excluding ortho intramolecular Hbond substituents is 1. The Kier molecular flexibility index (Phi) is 4.29. The van der Waals surface area contributed by atoms with Gasteiger partial charge in [0.2, 0.25) is 0 Å². The SMILES string of the molecule is CC(C)(CN)c1ccc(NC(=O)c2cccc(O)c2)cc1. The largest absolute Gasteiger partial charge is 0.508 e. The van der Waals surface area contributed by atoms with Gasteiger partial charge < -0.3 is 16.2 Å². The molecule has 0 aromatic heterocycles. The summed E-state index contributed by atoms with van der Waals surface area (Å²) < 4.78 is 0. The summed E-state index contributed by atoms with van der Waals surface area (Å²) in [5.74, 6) is -0.181. The van der Waals surface area contributed by atoms with Crippen molar-refractivity contribution in [3.8, 4) is 5.75 Å². The molecule has 2 aromatic rings. The number of benzene rings is 2. The van der Waals surface area contributed by atoms with Crippen molar-refractivity contribution in [2.75, 3.05) is 11.9 Å². The van der Waals surface area contributed by atoms with Crippen molar-refractivity contribution in [1.82, 2.24) is 0 Å². The number of rotatable bonds is 4. The van der Waals surface area contributed by atoms with E-state index >= 15 is 0 Å². The molecular weight excluding hydrogens is 264 g/mol. The Balaban J connectivity index is 2.12. The molecule has 1 amide bonds. The van der Waals surface area contributed by atoms with Crippen LogP contribution in [0.15, 0.2) is 48.5 Å². The van der Waals surface area contributed by atoms with Gasteiger partial charge in [-0.05, 0) is 35.9 Å². The summed E-state index contributed by atoms with van der Waals surface area (Å²) in [4.78, 5) is 12.1. The second kappa shape index (κ2) is 5.97. The van der Waals surface area contributed by atoms with Crippen LogP contribution in [0, 0.1) is 0 Å². The van der Waals surface area contributed by atoms with Crippen LogP contribution in [0.2, 0.25) is 0 Å². The molecule has 0 aliphatic rings. The minimum absolute atomic E-state index is 0.0719. The Labute approximate surface area is 124 Å². The van der Waals surface area contributed by atoms with Crippen molar-refractivity contribution < 1.29 is 9.90 Å². The van der Waals surface area contributed by atoms with Crippen LogP contribution in [0.4, 0.5) is 5.69 Å². The van der Waals surface area contributed by atoms with E-state index in [1.165, 1.54) is 12.1 Å². The molecule has 4 heteroatoms. The standard InChI is InChI=1S/C17H20N2O2/c1-17(2,11-18)13-6-8-14(9-7-13)19-16(21)12-4-3-5-15(20)10-12/h3-10,20H,11,18H2,1-2H3,(H,19,21). The molecule has 21 heavy (non-hydrogen) atoms. The lowest BCUT2D eigenvalue weighted by molar-refractivity contribution is 0.102. The smallest absolute Gasteiger partial charge is 0.255 e. The Morgan fingerprint density at radius 2 is 1.86 bits per heavy atom. The normalized spacial score (nSPS) is 11.2. The van der Waals surface area contributed by atoms with Crippen molar-refractivity contribution in [3.63, 3.8) is 0 Å². The third-order valence-electron chi connectivity index (χ3n) is 3.54. The van der Waals surface area contributed by atoms with Crippen molar-refractivity contribution in [1.29, 1.82) is 0 Å². The first-order chi connectivity index (χ1) is 9.92. The molecule has 0 unspecified atom stereocenters. The summed E-state index contributed by atoms with van der Waals surface area (Å²) in [6, 6.07) is 13.9. The Hall–Kier alpha value is -2.33. The third kappa shape index (κ3) is 3.61. The summed E-state index contributed by atoms with van der Waals surface area (Å²) in [5, 5.41) is 12.2. The number of nitrogens with two attached hydrogens (primary N) is 1. The first-order valence-electron chi connectivity index (χ1n) is 6.83. The van der Waals surface area contributed by atoms with Crippen LogP contribution in [0.25, 0.3) is 0 Å². The number of anilines is 1. The quantitative estimate of drug-likeness (QED) is 0.808. The first-order valence-corrected chi connectivity index (χ1v) is 6.83. The van der Waals surface area contributed by atoms with E-state index in [-0.39, 0.29) is 17.1 Å². The topological polar surface area (TPSA) is 75.3 Å². The lowest BCUT2D eigenvalue weighted by atomic mass is 9.85. The molecular formula is C17H20N2O2. The van der Waals surface area contributed by atoms with E-state index in [1.54, 1.807) is 12.1 Å². The Morgan fingerprint density at radius 1 is 1.19 bits per heavy atom. The molecule has 0 aliphatic carbocycles. The maximum atomic E-state index is 12.1. The molecule has 0 saturated carbocycles. The van der Waals surface area contributed by atoms with E-state index in [9.17, 15) is 9.90 Å². The maximum Gasteiger partial charge on any atom is 0.255 e. The van der Waals surface area contributed by atoms with Crippen LogP contribution in [0.1, 0.15) is 29.8 Å². The fourth-order valence-corrected chi connectivity index (χ4v) is 1.97. The molecule has 0 radical (unpaired) electrons. The van der Waals surface area contributed by atoms with Gasteiger partial charge in [0, 0.05) is 23.2 Å². The fraction of sp³-hybridized carbons (Fsp3) is 0.235. The summed E-state index contributed by atoms with van der Waals surface area (Å²) in [6.45, 7) is 4.71. The van der Waals surface area contributed by atoms with Crippen molar-refractivity contribution in [2.45, 2.75) is 19.3 Å². The number of hydrogen-bond acceptors (Lipinski definition) is 3. The van der Waals surface area contributed by atoms with E-state index in [0.717, 1.165) is 5.56 Å². The molecule has 4 N–H and O–H groups in total. The van der Waals surface area contributed by atoms with Gasteiger partial charge in [0.15, 0.2) is 0 Å². The Bertz CT molecular complexity index is 633. The van der Waals surface area contributed by atoms with Crippen molar-refractivity contribution >= 4 is 11.6 Å². The van der Waals surface area contributed by atoms with Crippen LogP contribution in [0.5, 0.6) is 5.75 Å². The summed E-state index contributed by atoms with van der Waals surface area (Å²) in [7, 11) is 0. The van der Waals surface area contributed by atoms with Gasteiger partial charge in [-0.15, -0.1) is 0 Å². The second-order valence-electron chi connectivity index (χ2n) is 5.67. The lowest BCUT2D eigenvalue weighted by Gasteiger charge is -2.23. The highest BCUT2D eigenvalue weighted by atomic mass is 16.3. The van der Waals surface area contributed by atoms with E-state index in [1.807, 2.05) is 24.3 Å². The van der Waals surface area contributed by atoms with Crippen molar-refractivity contribution in [3.05, 3.63) is 59.7 Å². The highest BCUT2D eigenvalue weighted by molar-refractivity contribution is 6.04. The molecule has 0 fully saturated rings. The minimum Gasteiger partial charge on any atom is -0.508 e. The molecule has 4 nitrogen and oxygen atoms in total. The maximum absolute atomic E-state index is 12.1. The number of amides is 1. The summed E-state index contributed by atoms with van der Waals surface area (Å²) in [5.41, 5.74) is 7.92. The van der Waals surface area contributed by atoms with Crippen LogP contribution in [0.3, 0.4) is 0 Å². The zero-order valence-electron chi connectivity index (χ0n) is 12.3. The van der Waals surface area contributed by atoms with Crippen molar-refractivity contribution in [2.24, 2.45) is 5.73 Å². The van der Waals surface area contributed by atoms with Gasteiger partial charge in [0.1, 0.15) is 5.75 Å². The minimum atomic E-state index is -0.253. The van der Waals surface area contributed by atoms with Gasteiger partial charge in [0.05, 0.1) is 0 Å². The molecule has 0 spiro atoms. The monoisotopic (exact) mass is 284 g/mol. The van der Waals surface area contributed by atoms with Gasteiger partial charge in [-0.3, -0.25) is 4.79 Å². The average molecular weight is 284 g/mol. The van der Waals surface area contributed by atoms with Crippen LogP contribution in [-0.4, -0.2) is 17.6 Å². The predicted molar refractivity (Wildman–Crippen MR) is 84.6 cm³/mol. The number of carbonyl (C=O) groups is 1. The molecule has 110 valence electrons. The van der Waals surface area contributed by atoms with E-state index in [4.69, 9.17) is 5.73 Å². The number of phenols is 1. The molecule has 0 heterocycles. The zero-order valence-corrected chi connectivity index (χ0v) is 12.3. The number of carbonyl (C=O) groups excluding carboxylic acids is 1. The highest BCUT2D eigenvalue weighted by Crippen LogP contribution is 2.23. The van der Waals surface area contributed by atoms with Gasteiger partial charge in [-0.1, -0.05) is 32.0 Å². The molecule has 2 aromatic carbocycles. The van der Waals surface area contributed by atoms with Gasteiger partial charge >= 0.3 is 0 Å². The van der Waals surface area contributed by atoms with E-state index in [2.05, 4.69) is 19.2 Å². The van der Waals surface area contributed by atoms with Gasteiger partial charge in [-0.25, -0.2) is 0 Å². The predicted octanol–water partition coefficient (Wildman–Crippen LogP) is 2.88.